The fraction of sp³-hybridized carbons (Fsp3) is 0.600. The molecule has 2 N–H and O–H groups in total. The number of nitrogens with zero attached hydrogens (tertiary/aromatic N) is 1. The first-order chi connectivity index (χ1) is 12.0. The van der Waals surface area contributed by atoms with Crippen molar-refractivity contribution in [1.82, 2.24) is 15.5 Å². The molecule has 2 unspecified atom stereocenters. The molecule has 2 aliphatic rings. The summed E-state index contributed by atoms with van der Waals surface area (Å²) in [6.07, 6.45) is 3.35. The minimum absolute atomic E-state index is 0. The number of rotatable bonds is 5. The van der Waals surface area contributed by atoms with Crippen molar-refractivity contribution in [2.45, 2.75) is 58.2 Å². The molecule has 0 aliphatic carbocycles. The highest BCUT2D eigenvalue weighted by Gasteiger charge is 2.34. The Hall–Kier alpha value is -1.59. The Morgan fingerprint density at radius 1 is 1.27 bits per heavy atom. The first-order valence-corrected chi connectivity index (χ1v) is 9.42. The molecule has 0 spiro atoms. The van der Waals surface area contributed by atoms with Gasteiger partial charge in [0.05, 0.1) is 0 Å². The molecule has 0 bridgehead atoms. The molecule has 2 aliphatic heterocycles. The maximum atomic E-state index is 12.8. The molecular formula is C20H30ClN3O2. The van der Waals surface area contributed by atoms with Gasteiger partial charge in [-0.25, -0.2) is 0 Å². The van der Waals surface area contributed by atoms with Crippen molar-refractivity contribution in [3.05, 3.63) is 35.4 Å². The molecule has 1 fully saturated rings. The zero-order chi connectivity index (χ0) is 17.8. The van der Waals surface area contributed by atoms with Gasteiger partial charge in [-0.15, -0.1) is 12.4 Å². The molecule has 1 saturated heterocycles. The Labute approximate surface area is 162 Å². The average molecular weight is 380 g/mol. The van der Waals surface area contributed by atoms with E-state index in [9.17, 15) is 9.59 Å². The molecule has 6 heteroatoms. The molecule has 2 heterocycles. The van der Waals surface area contributed by atoms with E-state index in [0.717, 1.165) is 24.9 Å². The standard InChI is InChI=1S/C20H29N3O2.ClH/c1-14(2)10-19(24)23-13-16-7-4-3-6-15(16)11-18(23)20(25)22-12-17-8-5-9-21-17;/h3-4,6-7,14,17-18,21H,5,8-13H2,1-2H3,(H,22,25);1H. The quantitative estimate of drug-likeness (QED) is 0.825. The van der Waals surface area contributed by atoms with Gasteiger partial charge < -0.3 is 15.5 Å². The highest BCUT2D eigenvalue weighted by Crippen LogP contribution is 2.25. The monoisotopic (exact) mass is 379 g/mol. The van der Waals surface area contributed by atoms with Crippen LogP contribution < -0.4 is 10.6 Å². The maximum absolute atomic E-state index is 12.8. The van der Waals surface area contributed by atoms with E-state index in [1.807, 2.05) is 26.0 Å². The summed E-state index contributed by atoms with van der Waals surface area (Å²) in [7, 11) is 0. The smallest absolute Gasteiger partial charge is 0.243 e. The van der Waals surface area contributed by atoms with Crippen LogP contribution in [0.1, 0.15) is 44.2 Å². The molecule has 2 amide bonds. The van der Waals surface area contributed by atoms with Gasteiger partial charge in [0.25, 0.3) is 0 Å². The van der Waals surface area contributed by atoms with Crippen LogP contribution in [0.3, 0.4) is 0 Å². The van der Waals surface area contributed by atoms with Gasteiger partial charge in [0, 0.05) is 32.0 Å². The van der Waals surface area contributed by atoms with Crippen molar-refractivity contribution in [3.8, 4) is 0 Å². The molecule has 0 aromatic heterocycles. The Kier molecular flexibility index (Phi) is 7.47. The Morgan fingerprint density at radius 3 is 2.65 bits per heavy atom. The SMILES string of the molecule is CC(C)CC(=O)N1Cc2ccccc2CC1C(=O)NCC1CCCN1.Cl. The normalized spacial score (nSPS) is 21.9. The first kappa shape index (κ1) is 20.7. The van der Waals surface area contributed by atoms with Crippen LogP contribution >= 0.6 is 12.4 Å². The van der Waals surface area contributed by atoms with E-state index in [0.29, 0.717) is 32.0 Å². The number of hydrogen-bond donors (Lipinski definition) is 2. The summed E-state index contributed by atoms with van der Waals surface area (Å²) in [4.78, 5) is 27.3. The third-order valence-corrected chi connectivity index (χ3v) is 5.14. The van der Waals surface area contributed by atoms with Gasteiger partial charge in [0.15, 0.2) is 0 Å². The summed E-state index contributed by atoms with van der Waals surface area (Å²) in [5.74, 6) is 0.333. The van der Waals surface area contributed by atoms with Crippen molar-refractivity contribution < 1.29 is 9.59 Å². The number of carbonyl (C=O) groups is 2. The summed E-state index contributed by atoms with van der Waals surface area (Å²) >= 11 is 0. The predicted octanol–water partition coefficient (Wildman–Crippen LogP) is 2.28. The zero-order valence-corrected chi connectivity index (χ0v) is 16.5. The van der Waals surface area contributed by atoms with Crippen LogP contribution in [-0.2, 0) is 22.6 Å². The van der Waals surface area contributed by atoms with Crippen LogP contribution in [0, 0.1) is 5.92 Å². The fourth-order valence-corrected chi connectivity index (χ4v) is 3.76. The van der Waals surface area contributed by atoms with Gasteiger partial charge in [-0.3, -0.25) is 9.59 Å². The molecule has 3 rings (SSSR count). The first-order valence-electron chi connectivity index (χ1n) is 9.42. The lowest BCUT2D eigenvalue weighted by Gasteiger charge is -2.36. The van der Waals surface area contributed by atoms with Gasteiger partial charge in [0.2, 0.25) is 11.8 Å². The number of amides is 2. The fourth-order valence-electron chi connectivity index (χ4n) is 3.76. The van der Waals surface area contributed by atoms with Gasteiger partial charge >= 0.3 is 0 Å². The van der Waals surface area contributed by atoms with Gasteiger partial charge in [-0.05, 0) is 36.4 Å². The van der Waals surface area contributed by atoms with Crippen molar-refractivity contribution in [2.24, 2.45) is 5.92 Å². The summed E-state index contributed by atoms with van der Waals surface area (Å²) in [6.45, 7) is 6.27. The van der Waals surface area contributed by atoms with Crippen LogP contribution in [0.25, 0.3) is 0 Å². The lowest BCUT2D eigenvalue weighted by atomic mass is 9.92. The second-order valence-corrected chi connectivity index (χ2v) is 7.65. The lowest BCUT2D eigenvalue weighted by Crippen LogP contribution is -2.54. The molecule has 0 saturated carbocycles. The number of fused-ring (bicyclic) bond motifs is 1. The summed E-state index contributed by atoms with van der Waals surface area (Å²) < 4.78 is 0. The summed E-state index contributed by atoms with van der Waals surface area (Å²) in [5, 5.41) is 6.46. The molecule has 1 aromatic rings. The highest BCUT2D eigenvalue weighted by atomic mass is 35.5. The lowest BCUT2D eigenvalue weighted by molar-refractivity contribution is -0.142. The number of hydrogen-bond acceptors (Lipinski definition) is 3. The van der Waals surface area contributed by atoms with Crippen LogP contribution in [0.4, 0.5) is 0 Å². The van der Waals surface area contributed by atoms with Crippen molar-refractivity contribution >= 4 is 24.2 Å². The van der Waals surface area contributed by atoms with Crippen LogP contribution in [0.15, 0.2) is 24.3 Å². The van der Waals surface area contributed by atoms with E-state index in [1.165, 1.54) is 5.56 Å². The number of halogens is 1. The van der Waals surface area contributed by atoms with E-state index in [1.54, 1.807) is 4.90 Å². The molecule has 2 atom stereocenters. The zero-order valence-electron chi connectivity index (χ0n) is 15.7. The summed E-state index contributed by atoms with van der Waals surface area (Å²) in [6, 6.07) is 8.08. The molecule has 26 heavy (non-hydrogen) atoms. The maximum Gasteiger partial charge on any atom is 0.243 e. The number of carbonyl (C=O) groups excluding carboxylic acids is 2. The van der Waals surface area contributed by atoms with Crippen LogP contribution in [-0.4, -0.2) is 41.9 Å². The third-order valence-electron chi connectivity index (χ3n) is 5.14. The van der Waals surface area contributed by atoms with Crippen molar-refractivity contribution in [2.75, 3.05) is 13.1 Å². The highest BCUT2D eigenvalue weighted by molar-refractivity contribution is 5.88. The molecule has 0 radical (unpaired) electrons. The number of benzene rings is 1. The average Bonchev–Trinajstić information content (AvgIpc) is 3.11. The Bertz CT molecular complexity index is 629. The van der Waals surface area contributed by atoms with Crippen molar-refractivity contribution in [1.29, 1.82) is 0 Å². The van der Waals surface area contributed by atoms with Gasteiger partial charge in [0.1, 0.15) is 6.04 Å². The second kappa shape index (κ2) is 9.38. The van der Waals surface area contributed by atoms with Crippen LogP contribution in [0.2, 0.25) is 0 Å². The second-order valence-electron chi connectivity index (χ2n) is 7.65. The molecule has 5 nitrogen and oxygen atoms in total. The largest absolute Gasteiger partial charge is 0.353 e. The summed E-state index contributed by atoms with van der Waals surface area (Å²) in [5.41, 5.74) is 2.33. The van der Waals surface area contributed by atoms with Gasteiger partial charge in [-0.1, -0.05) is 38.1 Å². The van der Waals surface area contributed by atoms with E-state index >= 15 is 0 Å². The van der Waals surface area contributed by atoms with Crippen LogP contribution in [0.5, 0.6) is 0 Å². The molecule has 1 aromatic carbocycles. The van der Waals surface area contributed by atoms with E-state index < -0.39 is 6.04 Å². The third kappa shape index (κ3) is 4.98. The molecule has 144 valence electrons. The minimum Gasteiger partial charge on any atom is -0.353 e. The minimum atomic E-state index is -0.400. The Balaban J connectivity index is 0.00000243. The van der Waals surface area contributed by atoms with E-state index in [2.05, 4.69) is 22.8 Å². The Morgan fingerprint density at radius 2 is 2.00 bits per heavy atom. The topological polar surface area (TPSA) is 61.4 Å². The number of nitrogens with one attached hydrogen (secondary N) is 2. The predicted molar refractivity (Wildman–Crippen MR) is 105 cm³/mol. The van der Waals surface area contributed by atoms with E-state index in [-0.39, 0.29) is 30.1 Å². The van der Waals surface area contributed by atoms with Gasteiger partial charge in [-0.2, -0.15) is 0 Å². The van der Waals surface area contributed by atoms with E-state index in [4.69, 9.17) is 0 Å². The molecular weight excluding hydrogens is 350 g/mol. The van der Waals surface area contributed by atoms with Crippen molar-refractivity contribution in [3.63, 3.8) is 0 Å².